The van der Waals surface area contributed by atoms with Crippen LogP contribution in [0, 0.1) is 0 Å². The van der Waals surface area contributed by atoms with Crippen molar-refractivity contribution in [2.45, 2.75) is 0 Å². The number of benzene rings is 2. The molecule has 0 spiro atoms. The highest BCUT2D eigenvalue weighted by atomic mass is 35.5. The Morgan fingerprint density at radius 3 is 2.53 bits per heavy atom. The number of aromatic nitrogens is 4. The number of nitrogens with one attached hydrogen (secondary N) is 1. The van der Waals surface area contributed by atoms with Crippen LogP contribution in [0.1, 0.15) is 0 Å². The van der Waals surface area contributed by atoms with E-state index in [1.807, 2.05) is 6.07 Å². The molecule has 1 amide bonds. The maximum absolute atomic E-state index is 12.0. The molecular formula is C23H22ClN5O5. The first-order valence-corrected chi connectivity index (χ1v) is 10.7. The van der Waals surface area contributed by atoms with Gasteiger partial charge in [0.1, 0.15) is 12.4 Å². The molecule has 11 heteroatoms. The summed E-state index contributed by atoms with van der Waals surface area (Å²) in [6, 6.07) is 15.6. The number of fused-ring (bicyclic) bond motifs is 1. The number of carbonyl (C=O) groups excluding carboxylic acids is 1. The number of hydrogen-bond donors (Lipinski definition) is 1. The molecule has 4 rings (SSSR count). The van der Waals surface area contributed by atoms with E-state index in [9.17, 15) is 4.79 Å². The minimum Gasteiger partial charge on any atom is -0.493 e. The van der Waals surface area contributed by atoms with E-state index in [2.05, 4.69) is 20.6 Å². The second-order valence-corrected chi connectivity index (χ2v) is 7.41. The molecule has 0 saturated carbocycles. The fourth-order valence-electron chi connectivity index (χ4n) is 3.08. The molecule has 0 aliphatic heterocycles. The first-order valence-electron chi connectivity index (χ1n) is 10.3. The number of ether oxygens (including phenoxy) is 4. The fraction of sp³-hybridized carbons (Fsp3) is 0.217. The first-order chi connectivity index (χ1) is 16.6. The van der Waals surface area contributed by atoms with Crippen LogP contribution in [-0.2, 0) is 4.79 Å². The van der Waals surface area contributed by atoms with Gasteiger partial charge in [-0.25, -0.2) is 0 Å². The molecule has 2 aromatic heterocycles. The molecule has 10 nitrogen and oxygen atoms in total. The summed E-state index contributed by atoms with van der Waals surface area (Å²) in [6.07, 6.45) is 0. The largest absolute Gasteiger partial charge is 0.493 e. The summed E-state index contributed by atoms with van der Waals surface area (Å²) in [7, 11) is 3.14. The van der Waals surface area contributed by atoms with E-state index in [0.29, 0.717) is 39.6 Å². The Morgan fingerprint density at radius 1 is 0.971 bits per heavy atom. The van der Waals surface area contributed by atoms with Gasteiger partial charge in [-0.2, -0.15) is 4.52 Å². The lowest BCUT2D eigenvalue weighted by atomic mass is 10.2. The molecule has 0 aliphatic carbocycles. The molecule has 2 aromatic carbocycles. The molecule has 1 N–H and O–H groups in total. The van der Waals surface area contributed by atoms with Gasteiger partial charge in [-0.3, -0.25) is 4.79 Å². The van der Waals surface area contributed by atoms with Gasteiger partial charge < -0.3 is 24.3 Å². The zero-order valence-corrected chi connectivity index (χ0v) is 19.3. The lowest BCUT2D eigenvalue weighted by Gasteiger charge is -2.10. The van der Waals surface area contributed by atoms with Crippen LogP contribution in [0.2, 0.25) is 5.02 Å². The predicted molar refractivity (Wildman–Crippen MR) is 125 cm³/mol. The summed E-state index contributed by atoms with van der Waals surface area (Å²) < 4.78 is 23.3. The topological polar surface area (TPSA) is 109 Å². The highest BCUT2D eigenvalue weighted by Crippen LogP contribution is 2.31. The third kappa shape index (κ3) is 5.46. The number of hydrogen-bond acceptors (Lipinski definition) is 8. The van der Waals surface area contributed by atoms with Crippen molar-refractivity contribution in [1.82, 2.24) is 25.1 Å². The lowest BCUT2D eigenvalue weighted by Crippen LogP contribution is -2.32. The van der Waals surface area contributed by atoms with E-state index in [1.165, 1.54) is 0 Å². The standard InChI is InChI=1S/C23H22ClN5O5/c1-31-18-8-3-15(13-19(18)32-2)23-27-26-20-9-10-22(28-29(20)23)33-12-11-25-21(30)14-34-17-6-4-16(24)5-7-17/h3-10,13H,11-12,14H2,1-2H3,(H,25,30). The summed E-state index contributed by atoms with van der Waals surface area (Å²) in [5.74, 6) is 2.36. The molecule has 0 fully saturated rings. The Bertz CT molecular complexity index is 1280. The number of nitrogens with zero attached hydrogens (tertiary/aromatic N) is 4. The lowest BCUT2D eigenvalue weighted by molar-refractivity contribution is -0.123. The summed E-state index contributed by atoms with van der Waals surface area (Å²) >= 11 is 5.83. The summed E-state index contributed by atoms with van der Waals surface area (Å²) in [5, 5.41) is 16.2. The summed E-state index contributed by atoms with van der Waals surface area (Å²) in [5.41, 5.74) is 1.31. The minimum absolute atomic E-state index is 0.110. The van der Waals surface area contributed by atoms with Gasteiger partial charge >= 0.3 is 0 Å². The quantitative estimate of drug-likeness (QED) is 0.343. The Morgan fingerprint density at radius 2 is 1.76 bits per heavy atom. The molecule has 0 bridgehead atoms. The van der Waals surface area contributed by atoms with E-state index in [1.54, 1.807) is 67.3 Å². The van der Waals surface area contributed by atoms with Gasteiger partial charge in [-0.1, -0.05) is 11.6 Å². The zero-order chi connectivity index (χ0) is 23.9. The highest BCUT2D eigenvalue weighted by molar-refractivity contribution is 6.30. The average molecular weight is 484 g/mol. The Hall–Kier alpha value is -4.05. The maximum Gasteiger partial charge on any atom is 0.258 e. The monoisotopic (exact) mass is 483 g/mol. The van der Waals surface area contributed by atoms with E-state index in [-0.39, 0.29) is 25.7 Å². The molecule has 2 heterocycles. The Kier molecular flexibility index (Phi) is 7.28. The van der Waals surface area contributed by atoms with E-state index >= 15 is 0 Å². The molecule has 0 radical (unpaired) electrons. The van der Waals surface area contributed by atoms with Crippen molar-refractivity contribution < 1.29 is 23.7 Å². The first kappa shape index (κ1) is 23.1. The second kappa shape index (κ2) is 10.7. The number of methoxy groups -OCH3 is 2. The molecule has 0 aliphatic rings. The normalized spacial score (nSPS) is 10.7. The van der Waals surface area contributed by atoms with Crippen molar-refractivity contribution >= 4 is 23.2 Å². The van der Waals surface area contributed by atoms with Gasteiger partial charge in [0.05, 0.1) is 20.8 Å². The van der Waals surface area contributed by atoms with Crippen molar-refractivity contribution in [3.8, 4) is 34.5 Å². The second-order valence-electron chi connectivity index (χ2n) is 6.98. The SMILES string of the molecule is COc1ccc(-c2nnc3ccc(OCCNC(=O)COc4ccc(Cl)cc4)nn23)cc1OC. The summed E-state index contributed by atoms with van der Waals surface area (Å²) in [4.78, 5) is 12.0. The Balaban J connectivity index is 1.33. The molecular weight excluding hydrogens is 462 g/mol. The molecule has 4 aromatic rings. The number of halogens is 1. The van der Waals surface area contributed by atoms with Crippen molar-refractivity contribution in [2.24, 2.45) is 0 Å². The van der Waals surface area contributed by atoms with Gasteiger partial charge in [0.15, 0.2) is 29.6 Å². The van der Waals surface area contributed by atoms with Crippen LogP contribution in [0.25, 0.3) is 17.0 Å². The van der Waals surface area contributed by atoms with Crippen LogP contribution in [-0.4, -0.2) is 59.7 Å². The number of carbonyl (C=O) groups is 1. The van der Waals surface area contributed by atoms with E-state index in [4.69, 9.17) is 30.5 Å². The highest BCUT2D eigenvalue weighted by Gasteiger charge is 2.13. The van der Waals surface area contributed by atoms with Crippen molar-refractivity contribution in [1.29, 1.82) is 0 Å². The third-order valence-corrected chi connectivity index (χ3v) is 4.99. The molecule has 176 valence electrons. The number of rotatable bonds is 10. The van der Waals surface area contributed by atoms with Gasteiger partial charge in [0, 0.05) is 16.7 Å². The molecule has 34 heavy (non-hydrogen) atoms. The van der Waals surface area contributed by atoms with Crippen LogP contribution in [0.5, 0.6) is 23.1 Å². The van der Waals surface area contributed by atoms with Crippen LogP contribution >= 0.6 is 11.6 Å². The van der Waals surface area contributed by atoms with Crippen LogP contribution in [0.4, 0.5) is 0 Å². The van der Waals surface area contributed by atoms with Crippen molar-refractivity contribution in [3.05, 3.63) is 59.6 Å². The van der Waals surface area contributed by atoms with Crippen LogP contribution in [0.3, 0.4) is 0 Å². The Labute approximate surface area is 200 Å². The van der Waals surface area contributed by atoms with E-state index in [0.717, 1.165) is 5.56 Å². The third-order valence-electron chi connectivity index (χ3n) is 4.74. The zero-order valence-electron chi connectivity index (χ0n) is 18.5. The average Bonchev–Trinajstić information content (AvgIpc) is 3.29. The minimum atomic E-state index is -0.267. The molecule has 0 unspecified atom stereocenters. The van der Waals surface area contributed by atoms with Crippen LogP contribution < -0.4 is 24.3 Å². The molecule has 0 atom stereocenters. The van der Waals surface area contributed by atoms with E-state index < -0.39 is 0 Å². The van der Waals surface area contributed by atoms with Crippen molar-refractivity contribution in [2.75, 3.05) is 34.0 Å². The fourth-order valence-corrected chi connectivity index (χ4v) is 3.21. The number of amides is 1. The smallest absolute Gasteiger partial charge is 0.258 e. The van der Waals surface area contributed by atoms with Gasteiger partial charge in [0.25, 0.3) is 5.91 Å². The van der Waals surface area contributed by atoms with Gasteiger partial charge in [-0.05, 0) is 48.5 Å². The van der Waals surface area contributed by atoms with Gasteiger partial charge in [0.2, 0.25) is 5.88 Å². The summed E-state index contributed by atoms with van der Waals surface area (Å²) in [6.45, 7) is 0.396. The van der Waals surface area contributed by atoms with Gasteiger partial charge in [-0.15, -0.1) is 15.3 Å². The van der Waals surface area contributed by atoms with Crippen molar-refractivity contribution in [3.63, 3.8) is 0 Å². The van der Waals surface area contributed by atoms with Crippen LogP contribution in [0.15, 0.2) is 54.6 Å². The molecule has 0 saturated heterocycles. The predicted octanol–water partition coefficient (Wildman–Crippen LogP) is 3.04. The maximum atomic E-state index is 12.0.